The van der Waals surface area contributed by atoms with E-state index in [1.165, 1.54) is 7.05 Å². The van der Waals surface area contributed by atoms with Gasteiger partial charge in [-0.2, -0.15) is 0 Å². The van der Waals surface area contributed by atoms with E-state index in [0.29, 0.717) is 11.6 Å². The van der Waals surface area contributed by atoms with Crippen LogP contribution in [0.25, 0.3) is 0 Å². The molecular weight excluding hydrogens is 279 g/mol. The zero-order valence-electron chi connectivity index (χ0n) is 8.02. The number of hydrogen-bond donors (Lipinski definition) is 1. The molecule has 0 aliphatic rings. The molecule has 0 aliphatic carbocycles. The zero-order valence-corrected chi connectivity index (χ0v) is 12.5. The molecule has 14 heavy (non-hydrogen) atoms. The second-order valence-corrected chi connectivity index (χ2v) is 2.28. The summed E-state index contributed by atoms with van der Waals surface area (Å²) in [5.74, 6) is 0. The third-order valence-electron chi connectivity index (χ3n) is 0.888. The molecule has 0 unspecified atom stereocenters. The van der Waals surface area contributed by atoms with Crippen LogP contribution in [0, 0.1) is 0 Å². The maximum Gasteiger partial charge on any atom is 2.00 e. The summed E-state index contributed by atoms with van der Waals surface area (Å²) < 4.78 is 0. The van der Waals surface area contributed by atoms with E-state index < -0.39 is 6.09 Å². The fraction of sp³-hybridized carbons (Fsp3) is 0.667. The maximum absolute atomic E-state index is 10.4. The molecule has 0 atom stereocenters. The number of oxime groups is 1. The Labute approximate surface area is 131 Å². The van der Waals surface area contributed by atoms with Crippen LogP contribution in [-0.4, -0.2) is 56.1 Å². The van der Waals surface area contributed by atoms with Gasteiger partial charge in [0.05, 0.1) is 0 Å². The second kappa shape index (κ2) is 16.5. The third-order valence-corrected chi connectivity index (χ3v) is 1.15. The van der Waals surface area contributed by atoms with Crippen molar-refractivity contribution in [2.24, 2.45) is 5.16 Å². The quantitative estimate of drug-likeness (QED) is 0.246. The van der Waals surface area contributed by atoms with E-state index in [4.69, 9.17) is 11.6 Å². The molecule has 0 aliphatic heterocycles. The number of hydrogen-bond acceptors (Lipinski definition) is 3. The number of carbonyl (C=O) groups excluding carboxylic acids is 1. The Balaban J connectivity index is -0.000000167. The van der Waals surface area contributed by atoms with Gasteiger partial charge in [-0.25, -0.2) is 4.79 Å². The summed E-state index contributed by atoms with van der Waals surface area (Å²) in [4.78, 5) is 14.7. The van der Waals surface area contributed by atoms with Gasteiger partial charge in [0, 0.05) is 13.5 Å². The van der Waals surface area contributed by atoms with Crippen LogP contribution in [0.4, 0.5) is 4.79 Å². The summed E-state index contributed by atoms with van der Waals surface area (Å²) in [5, 5.41) is 5.89. The van der Waals surface area contributed by atoms with Crippen molar-refractivity contribution in [1.29, 1.82) is 0 Å². The standard InChI is InChI=1S/C6H11ClN2O2.Ca.2ClH/c1-3-4-5(7)9-11-6(10)8-2;;;/h3-4H2,1-2H3,(H,8,10);;2*1H/q;+2;;/p-2/b9-5-;;;. The normalized spacial score (nSPS) is 8.64. The minimum absolute atomic E-state index is 0. The maximum atomic E-state index is 10.4. The Morgan fingerprint density at radius 2 is 2.00 bits per heavy atom. The van der Waals surface area contributed by atoms with Gasteiger partial charge in [0.1, 0.15) is 5.17 Å². The first kappa shape index (κ1) is 24.3. The van der Waals surface area contributed by atoms with Crippen molar-refractivity contribution in [2.75, 3.05) is 7.05 Å². The Bertz CT molecular complexity index is 169. The smallest absolute Gasteiger partial charge is 1.00 e. The van der Waals surface area contributed by atoms with Crippen LogP contribution in [0.3, 0.4) is 0 Å². The molecule has 0 fully saturated rings. The van der Waals surface area contributed by atoms with Gasteiger partial charge in [-0.15, -0.1) is 0 Å². The van der Waals surface area contributed by atoms with E-state index in [-0.39, 0.29) is 62.6 Å². The minimum Gasteiger partial charge on any atom is -1.00 e. The average molecular weight is 290 g/mol. The second-order valence-electron chi connectivity index (χ2n) is 1.85. The molecule has 0 spiro atoms. The molecule has 1 N–H and O–H groups in total. The summed E-state index contributed by atoms with van der Waals surface area (Å²) >= 11 is 5.53. The molecule has 0 radical (unpaired) electrons. The Hall–Kier alpha value is 1.07. The number of amides is 1. The van der Waals surface area contributed by atoms with Crippen LogP contribution >= 0.6 is 11.6 Å². The predicted octanol–water partition coefficient (Wildman–Crippen LogP) is -4.68. The van der Waals surface area contributed by atoms with Gasteiger partial charge in [-0.3, -0.25) is 4.84 Å². The van der Waals surface area contributed by atoms with Crippen molar-refractivity contribution in [3.05, 3.63) is 0 Å². The van der Waals surface area contributed by atoms with E-state index in [9.17, 15) is 4.79 Å². The van der Waals surface area contributed by atoms with Gasteiger partial charge < -0.3 is 30.1 Å². The minimum atomic E-state index is -0.612. The fourth-order valence-electron chi connectivity index (χ4n) is 0.389. The first-order valence-corrected chi connectivity index (χ1v) is 3.69. The molecule has 1 amide bonds. The number of nitrogens with one attached hydrogen (secondary N) is 1. The summed E-state index contributed by atoms with van der Waals surface area (Å²) in [7, 11) is 1.45. The van der Waals surface area contributed by atoms with Crippen LogP contribution in [0.2, 0.25) is 0 Å². The summed E-state index contributed by atoms with van der Waals surface area (Å²) in [6, 6.07) is 0. The molecule has 0 bridgehead atoms. The Morgan fingerprint density at radius 1 is 1.50 bits per heavy atom. The van der Waals surface area contributed by atoms with E-state index in [1.807, 2.05) is 6.92 Å². The van der Waals surface area contributed by atoms with Crippen LogP contribution in [0.1, 0.15) is 19.8 Å². The van der Waals surface area contributed by atoms with Gasteiger partial charge >= 0.3 is 43.8 Å². The van der Waals surface area contributed by atoms with Crippen molar-refractivity contribution in [3.8, 4) is 0 Å². The summed E-state index contributed by atoms with van der Waals surface area (Å²) in [6.07, 6.45) is 0.886. The fourth-order valence-corrected chi connectivity index (χ4v) is 0.612. The average Bonchev–Trinajstić information content (AvgIpc) is 2.01. The van der Waals surface area contributed by atoms with Crippen LogP contribution < -0.4 is 30.1 Å². The first-order chi connectivity index (χ1) is 5.20. The molecule has 0 aromatic heterocycles. The van der Waals surface area contributed by atoms with Crippen molar-refractivity contribution in [3.63, 3.8) is 0 Å². The molecule has 4 nitrogen and oxygen atoms in total. The Kier molecular flexibility index (Phi) is 28.7. The van der Waals surface area contributed by atoms with E-state index in [2.05, 4.69) is 15.3 Å². The Morgan fingerprint density at radius 3 is 2.36 bits per heavy atom. The topological polar surface area (TPSA) is 50.7 Å². The zero-order chi connectivity index (χ0) is 8.69. The molecule has 0 saturated heterocycles. The predicted molar refractivity (Wildman–Crippen MR) is 49.5 cm³/mol. The number of carbonyl (C=O) groups is 1. The van der Waals surface area contributed by atoms with E-state index in [0.717, 1.165) is 6.42 Å². The van der Waals surface area contributed by atoms with Crippen molar-refractivity contribution in [2.45, 2.75) is 19.8 Å². The van der Waals surface area contributed by atoms with Gasteiger partial charge in [-0.05, 0) is 6.42 Å². The number of rotatable bonds is 3. The molecule has 80 valence electrons. The molecule has 0 saturated carbocycles. The summed E-state index contributed by atoms with van der Waals surface area (Å²) in [6.45, 7) is 1.96. The van der Waals surface area contributed by atoms with Gasteiger partial charge in [0.25, 0.3) is 0 Å². The molecule has 0 rings (SSSR count). The third kappa shape index (κ3) is 15.5. The first-order valence-electron chi connectivity index (χ1n) is 3.31. The summed E-state index contributed by atoms with van der Waals surface area (Å²) in [5.41, 5.74) is 0. The molecular formula is C6H11CaCl3N2O2. The van der Waals surface area contributed by atoms with Gasteiger partial charge in [0.2, 0.25) is 0 Å². The van der Waals surface area contributed by atoms with E-state index >= 15 is 0 Å². The molecule has 0 aromatic rings. The number of nitrogens with zero attached hydrogens (tertiary/aromatic N) is 1. The van der Waals surface area contributed by atoms with Crippen LogP contribution in [0.5, 0.6) is 0 Å². The molecule has 0 heterocycles. The van der Waals surface area contributed by atoms with Gasteiger partial charge in [-0.1, -0.05) is 23.7 Å². The largest absolute Gasteiger partial charge is 2.00 e. The van der Waals surface area contributed by atoms with Crippen molar-refractivity contribution in [1.82, 2.24) is 5.32 Å². The van der Waals surface area contributed by atoms with Crippen LogP contribution in [0.15, 0.2) is 5.16 Å². The SMILES string of the molecule is CCC/C(Cl)=N/OC(=O)NC.[Ca+2].[Cl-].[Cl-]. The van der Waals surface area contributed by atoms with Gasteiger partial charge in [0.15, 0.2) is 0 Å². The number of halogens is 3. The van der Waals surface area contributed by atoms with E-state index in [1.54, 1.807) is 0 Å². The van der Waals surface area contributed by atoms with Crippen LogP contribution in [-0.2, 0) is 4.84 Å². The van der Waals surface area contributed by atoms with Crippen molar-refractivity contribution < 1.29 is 34.4 Å². The monoisotopic (exact) mass is 288 g/mol. The van der Waals surface area contributed by atoms with Crippen molar-refractivity contribution >= 4 is 60.6 Å². The molecule has 8 heteroatoms. The molecule has 0 aromatic carbocycles.